The van der Waals surface area contributed by atoms with Crippen LogP contribution in [0, 0.1) is 5.82 Å². The number of carbonyl (C=O) groups excluding carboxylic acids is 2. The molecule has 0 saturated heterocycles. The molecule has 0 saturated carbocycles. The number of hydrogen-bond acceptors (Lipinski definition) is 2. The van der Waals surface area contributed by atoms with Crippen molar-refractivity contribution in [1.82, 2.24) is 14.8 Å². The van der Waals surface area contributed by atoms with Crippen molar-refractivity contribution < 1.29 is 14.0 Å². The van der Waals surface area contributed by atoms with Gasteiger partial charge >= 0.3 is 6.03 Å². The molecule has 7 heteroatoms. The molecule has 198 valence electrons. The molecule has 4 aromatic rings. The van der Waals surface area contributed by atoms with Crippen molar-refractivity contribution in [2.75, 3.05) is 25.0 Å². The molecule has 38 heavy (non-hydrogen) atoms. The van der Waals surface area contributed by atoms with Gasteiger partial charge in [0.05, 0.1) is 0 Å². The molecule has 0 aliphatic carbocycles. The first-order chi connectivity index (χ1) is 18.5. The third-order valence-corrected chi connectivity index (χ3v) is 6.71. The summed E-state index contributed by atoms with van der Waals surface area (Å²) in [6.45, 7) is 5.25. The van der Waals surface area contributed by atoms with E-state index in [1.807, 2.05) is 62.5 Å². The molecule has 3 aromatic carbocycles. The normalized spacial score (nSPS) is 10.9. The fourth-order valence-electron chi connectivity index (χ4n) is 4.63. The summed E-state index contributed by atoms with van der Waals surface area (Å²) < 4.78 is 13.5. The van der Waals surface area contributed by atoms with Gasteiger partial charge in [-0.1, -0.05) is 62.4 Å². The maximum Gasteiger partial charge on any atom is 0.322 e. The number of H-pyrrole nitrogens is 1. The van der Waals surface area contributed by atoms with Crippen LogP contribution >= 0.6 is 0 Å². The highest BCUT2D eigenvalue weighted by Crippen LogP contribution is 2.20. The van der Waals surface area contributed by atoms with Crippen LogP contribution in [0.15, 0.2) is 79.0 Å². The van der Waals surface area contributed by atoms with E-state index in [0.717, 1.165) is 46.1 Å². The van der Waals surface area contributed by atoms with Crippen molar-refractivity contribution in [2.45, 2.75) is 39.7 Å². The van der Waals surface area contributed by atoms with Gasteiger partial charge in [0.15, 0.2) is 0 Å². The average Bonchev–Trinajstić information content (AvgIpc) is 3.35. The highest BCUT2D eigenvalue weighted by atomic mass is 19.1. The van der Waals surface area contributed by atoms with Gasteiger partial charge in [-0.3, -0.25) is 4.79 Å². The van der Waals surface area contributed by atoms with E-state index >= 15 is 0 Å². The van der Waals surface area contributed by atoms with Gasteiger partial charge in [0, 0.05) is 42.4 Å². The minimum Gasteiger partial charge on any atom is -0.361 e. The summed E-state index contributed by atoms with van der Waals surface area (Å²) in [5, 5.41) is 4.12. The van der Waals surface area contributed by atoms with Gasteiger partial charge in [-0.15, -0.1) is 0 Å². The number of aromatic nitrogens is 1. The molecule has 0 atom stereocenters. The van der Waals surface area contributed by atoms with E-state index in [1.54, 1.807) is 21.9 Å². The van der Waals surface area contributed by atoms with Crippen molar-refractivity contribution in [1.29, 1.82) is 0 Å². The van der Waals surface area contributed by atoms with Crippen molar-refractivity contribution >= 4 is 28.5 Å². The predicted molar refractivity (Wildman–Crippen MR) is 151 cm³/mol. The summed E-state index contributed by atoms with van der Waals surface area (Å²) in [7, 11) is 0. The number of halogens is 1. The van der Waals surface area contributed by atoms with Crippen molar-refractivity contribution in [3.05, 3.63) is 102 Å². The smallest absolute Gasteiger partial charge is 0.322 e. The Balaban J connectivity index is 1.50. The zero-order valence-corrected chi connectivity index (χ0v) is 22.0. The molecule has 0 bridgehead atoms. The minimum atomic E-state index is -0.316. The number of amides is 3. The van der Waals surface area contributed by atoms with E-state index < -0.39 is 0 Å². The van der Waals surface area contributed by atoms with Crippen LogP contribution in [-0.2, 0) is 24.2 Å². The van der Waals surface area contributed by atoms with Gasteiger partial charge in [-0.25, -0.2) is 9.18 Å². The molecule has 6 nitrogen and oxygen atoms in total. The second-order valence-corrected chi connectivity index (χ2v) is 9.41. The summed E-state index contributed by atoms with van der Waals surface area (Å²) in [4.78, 5) is 33.4. The summed E-state index contributed by atoms with van der Waals surface area (Å²) in [6.07, 6.45) is 4.15. The Kier molecular flexibility index (Phi) is 9.14. The van der Waals surface area contributed by atoms with E-state index in [2.05, 4.69) is 16.4 Å². The Morgan fingerprint density at radius 2 is 1.61 bits per heavy atom. The van der Waals surface area contributed by atoms with Crippen LogP contribution in [-0.4, -0.2) is 46.4 Å². The van der Waals surface area contributed by atoms with Gasteiger partial charge < -0.3 is 20.1 Å². The zero-order valence-electron chi connectivity index (χ0n) is 22.0. The Morgan fingerprint density at radius 1 is 0.868 bits per heavy atom. The van der Waals surface area contributed by atoms with Crippen molar-refractivity contribution in [3.63, 3.8) is 0 Å². The summed E-state index contributed by atoms with van der Waals surface area (Å²) in [6, 6.07) is 21.7. The Labute approximate surface area is 223 Å². The predicted octanol–water partition coefficient (Wildman–Crippen LogP) is 6.38. The first kappa shape index (κ1) is 26.9. The molecule has 2 N–H and O–H groups in total. The molecule has 0 aliphatic rings. The Bertz CT molecular complexity index is 1370. The molecule has 0 unspecified atom stereocenters. The fourth-order valence-corrected chi connectivity index (χ4v) is 4.63. The number of aryl methyl sites for hydroxylation is 1. The number of rotatable bonds is 11. The molecule has 3 amide bonds. The van der Waals surface area contributed by atoms with Crippen LogP contribution in [0.1, 0.15) is 37.0 Å². The van der Waals surface area contributed by atoms with Gasteiger partial charge in [0.2, 0.25) is 5.91 Å². The van der Waals surface area contributed by atoms with Gasteiger partial charge in [0.1, 0.15) is 12.4 Å². The number of nitrogens with one attached hydrogen (secondary N) is 2. The minimum absolute atomic E-state index is 0.0386. The van der Waals surface area contributed by atoms with Crippen LogP contribution in [0.25, 0.3) is 10.9 Å². The monoisotopic (exact) mass is 514 g/mol. The number of benzene rings is 3. The topological polar surface area (TPSA) is 68.4 Å². The largest absolute Gasteiger partial charge is 0.361 e. The summed E-state index contributed by atoms with van der Waals surface area (Å²) in [5.74, 6) is -0.467. The van der Waals surface area contributed by atoms with Gasteiger partial charge in [-0.05, 0) is 60.2 Å². The lowest BCUT2D eigenvalue weighted by Gasteiger charge is -2.28. The molecule has 0 spiro atoms. The third-order valence-electron chi connectivity index (χ3n) is 6.71. The average molecular weight is 515 g/mol. The molecular formula is C31H35FN4O2. The van der Waals surface area contributed by atoms with Gasteiger partial charge in [-0.2, -0.15) is 0 Å². The standard InChI is InChI=1S/C31H35FN4O2/c1-3-18-36(31(38)34-28-11-7-5-9-24(28)4-2)22-30(37)35(21-23-13-15-26(32)16-14-23)19-17-25-20-33-29-12-8-6-10-27(25)29/h5-16,20,33H,3-4,17-19,21-22H2,1-2H3,(H,34,38). The quantitative estimate of drug-likeness (QED) is 0.244. The van der Waals surface area contributed by atoms with E-state index in [0.29, 0.717) is 26.1 Å². The number of para-hydroxylation sites is 2. The number of fused-ring (bicyclic) bond motifs is 1. The zero-order chi connectivity index (χ0) is 26.9. The maximum atomic E-state index is 13.6. The first-order valence-electron chi connectivity index (χ1n) is 13.2. The van der Waals surface area contributed by atoms with Crippen LogP contribution in [0.5, 0.6) is 0 Å². The van der Waals surface area contributed by atoms with Crippen LogP contribution in [0.3, 0.4) is 0 Å². The van der Waals surface area contributed by atoms with Crippen LogP contribution < -0.4 is 5.32 Å². The number of aromatic amines is 1. The maximum absolute atomic E-state index is 13.6. The Hall–Kier alpha value is -4.13. The fraction of sp³-hybridized carbons (Fsp3) is 0.290. The molecular weight excluding hydrogens is 479 g/mol. The van der Waals surface area contributed by atoms with Gasteiger partial charge in [0.25, 0.3) is 0 Å². The SMILES string of the molecule is CCCN(CC(=O)N(CCc1c[nH]c2ccccc12)Cc1ccc(F)cc1)C(=O)Nc1ccccc1CC. The summed E-state index contributed by atoms with van der Waals surface area (Å²) in [5.41, 5.74) is 4.81. The molecule has 0 radical (unpaired) electrons. The second-order valence-electron chi connectivity index (χ2n) is 9.41. The molecule has 0 fully saturated rings. The molecule has 1 heterocycles. The van der Waals surface area contributed by atoms with Crippen molar-refractivity contribution in [2.24, 2.45) is 0 Å². The van der Waals surface area contributed by atoms with Crippen LogP contribution in [0.2, 0.25) is 0 Å². The highest BCUT2D eigenvalue weighted by Gasteiger charge is 2.22. The highest BCUT2D eigenvalue weighted by molar-refractivity contribution is 5.93. The lowest BCUT2D eigenvalue weighted by Crippen LogP contribution is -2.45. The number of nitrogens with zero attached hydrogens (tertiary/aromatic N) is 2. The van der Waals surface area contributed by atoms with Crippen molar-refractivity contribution in [3.8, 4) is 0 Å². The lowest BCUT2D eigenvalue weighted by molar-refractivity contribution is -0.132. The van der Waals surface area contributed by atoms with Crippen LogP contribution in [0.4, 0.5) is 14.9 Å². The number of carbonyl (C=O) groups is 2. The van der Waals surface area contributed by atoms with E-state index in [9.17, 15) is 14.0 Å². The number of urea groups is 1. The van der Waals surface area contributed by atoms with E-state index in [-0.39, 0.29) is 24.3 Å². The molecule has 0 aliphatic heterocycles. The number of hydrogen-bond donors (Lipinski definition) is 2. The first-order valence-corrected chi connectivity index (χ1v) is 13.2. The molecule has 4 rings (SSSR count). The van der Waals surface area contributed by atoms with E-state index in [1.165, 1.54) is 12.1 Å². The number of anilines is 1. The third kappa shape index (κ3) is 6.79. The molecule has 1 aromatic heterocycles. The van der Waals surface area contributed by atoms with E-state index in [4.69, 9.17) is 0 Å². The lowest BCUT2D eigenvalue weighted by atomic mass is 10.1. The Morgan fingerprint density at radius 3 is 2.37 bits per heavy atom. The summed E-state index contributed by atoms with van der Waals surface area (Å²) >= 11 is 0. The second kappa shape index (κ2) is 12.9.